The van der Waals surface area contributed by atoms with E-state index in [9.17, 15) is 5.48 Å². The molecule has 0 saturated heterocycles. The van der Waals surface area contributed by atoms with E-state index in [4.69, 9.17) is 0 Å². The highest BCUT2D eigenvalue weighted by atomic mass is 14.3. The molecule has 0 aliphatic heterocycles. The van der Waals surface area contributed by atoms with Crippen LogP contribution in [0.5, 0.6) is 0 Å². The van der Waals surface area contributed by atoms with Crippen LogP contribution in [-0.2, 0) is 0 Å². The van der Waals surface area contributed by atoms with Crippen LogP contribution in [0.4, 0.5) is 0 Å². The minimum Gasteiger partial charge on any atom is -0.0551 e. The second-order valence-electron chi connectivity index (χ2n) is 16.0. The number of aryl methyl sites for hydroxylation is 12. The Balaban J connectivity index is 1.76. The highest BCUT2D eigenvalue weighted by Gasteiger charge is 2.32. The lowest BCUT2D eigenvalue weighted by Gasteiger charge is -2.24. The summed E-state index contributed by atoms with van der Waals surface area (Å²) in [7, 11) is 0. The van der Waals surface area contributed by atoms with Gasteiger partial charge in [-0.2, -0.15) is 0 Å². The maximum atomic E-state index is 9.50. The van der Waals surface area contributed by atoms with Crippen molar-refractivity contribution in [1.29, 1.82) is 0 Å². The van der Waals surface area contributed by atoms with Crippen molar-refractivity contribution in [2.75, 3.05) is 0 Å². The average molecular weight is 651 g/mol. The van der Waals surface area contributed by atoms with Crippen LogP contribution in [0.15, 0.2) is 24.2 Å². The van der Waals surface area contributed by atoms with Crippen molar-refractivity contribution in [1.82, 2.24) is 0 Å². The summed E-state index contributed by atoms with van der Waals surface area (Å²) in [5.74, 6) is 0. The maximum absolute atomic E-state index is 9.50. The van der Waals surface area contributed by atoms with Crippen molar-refractivity contribution in [2.45, 2.75) is 96.9 Å². The van der Waals surface area contributed by atoms with Crippen molar-refractivity contribution in [3.8, 4) is 0 Å². The van der Waals surface area contributed by atoms with Gasteiger partial charge in [0.1, 0.15) is 0 Å². The monoisotopic (exact) mass is 650 g/mol. The molecule has 0 nitrogen and oxygen atoms in total. The fourth-order valence-electron chi connectivity index (χ4n) is 11.2. The standard InChI is InChI=1S/C50H46/c1-19-15-23(5)35-43-33(19)20(2)16-24(6)36(43)46-40-30(12)28(10)32(14)42-48-38-26(8)18-22(4)34-21(3)17-25(7)37(44(34)38)47(48)41-31(13)27(9)29(11)39(45(35)46)49(41)50(40)42/h15-18H,1-14H3/i15D,16D,17D,18D. The van der Waals surface area contributed by atoms with E-state index in [2.05, 4.69) is 96.9 Å². The third kappa shape index (κ3) is 3.06. The van der Waals surface area contributed by atoms with Gasteiger partial charge < -0.3 is 0 Å². The van der Waals surface area contributed by atoms with Crippen LogP contribution in [-0.4, -0.2) is 0 Å². The minimum atomic E-state index is 0.566. The van der Waals surface area contributed by atoms with Gasteiger partial charge in [-0.25, -0.2) is 0 Å². The average Bonchev–Trinajstić information content (AvgIpc) is 3.67. The Hall–Kier alpha value is -4.68. The lowest BCUT2D eigenvalue weighted by atomic mass is 9.78. The summed E-state index contributed by atoms with van der Waals surface area (Å²) in [6.45, 7) is 30.6. The van der Waals surface area contributed by atoms with Gasteiger partial charge in [0, 0.05) is 0 Å². The predicted octanol–water partition coefficient (Wildman–Crippen LogP) is 14.7. The number of hydrogen-bond donors (Lipinski definition) is 0. The molecule has 0 heteroatoms. The van der Waals surface area contributed by atoms with Crippen molar-refractivity contribution in [2.24, 2.45) is 0 Å². The van der Waals surface area contributed by atoms with E-state index in [0.717, 1.165) is 76.8 Å². The van der Waals surface area contributed by atoms with E-state index < -0.39 is 0 Å². The Bertz CT molecular complexity index is 3040. The molecule has 50 heavy (non-hydrogen) atoms. The summed E-state index contributed by atoms with van der Waals surface area (Å²) >= 11 is 0. The number of hydrogen-bond acceptors (Lipinski definition) is 0. The number of fused-ring (bicyclic) bond motifs is 10. The summed E-state index contributed by atoms with van der Waals surface area (Å²) in [5, 5.41) is 21.7. The Morgan fingerprint density at radius 3 is 0.580 bits per heavy atom. The van der Waals surface area contributed by atoms with Crippen LogP contribution in [0.3, 0.4) is 0 Å². The zero-order valence-corrected chi connectivity index (χ0v) is 32.0. The van der Waals surface area contributed by atoms with Gasteiger partial charge in [-0.15, -0.1) is 0 Å². The van der Waals surface area contributed by atoms with E-state index in [1.54, 1.807) is 0 Å². The van der Waals surface area contributed by atoms with Gasteiger partial charge in [-0.3, -0.25) is 0 Å². The quantitative estimate of drug-likeness (QED) is 0.143. The predicted molar refractivity (Wildman–Crippen MR) is 224 cm³/mol. The molecule has 10 aromatic rings. The molecular weight excluding hydrogens is 601 g/mol. The third-order valence-electron chi connectivity index (χ3n) is 13.5. The first-order chi connectivity index (χ1) is 25.4. The van der Waals surface area contributed by atoms with Gasteiger partial charge in [-0.05, 0) is 272 Å². The number of rotatable bonds is 0. The molecule has 0 atom stereocenters. The van der Waals surface area contributed by atoms with Crippen molar-refractivity contribution >= 4 is 97.0 Å². The van der Waals surface area contributed by atoms with Crippen LogP contribution >= 0.6 is 0 Å². The molecule has 0 fully saturated rings. The first kappa shape index (κ1) is 26.2. The summed E-state index contributed by atoms with van der Waals surface area (Å²) in [6, 6.07) is 2.26. The van der Waals surface area contributed by atoms with Gasteiger partial charge >= 0.3 is 0 Å². The molecule has 0 heterocycles. The minimum absolute atomic E-state index is 0.566. The second-order valence-corrected chi connectivity index (χ2v) is 16.0. The number of benzene rings is 8. The zero-order chi connectivity index (χ0) is 38.8. The second kappa shape index (κ2) is 9.15. The van der Waals surface area contributed by atoms with Crippen molar-refractivity contribution in [3.05, 3.63) is 102 Å². The zero-order valence-electron chi connectivity index (χ0n) is 36.0. The molecule has 0 saturated carbocycles. The highest BCUT2D eigenvalue weighted by Crippen LogP contribution is 2.58. The molecule has 10 aromatic carbocycles. The Labute approximate surface area is 300 Å². The summed E-state index contributed by atoms with van der Waals surface area (Å²) in [5.41, 5.74) is 15.5. The molecule has 0 amide bonds. The highest BCUT2D eigenvalue weighted by molar-refractivity contribution is 6.53. The first-order valence-electron chi connectivity index (χ1n) is 20.2. The fraction of sp³-hybridized carbons (Fsp3) is 0.280. The SMILES string of the molecule is [2H]c1c(C)c2c(C)c([2H])c(C)c3c2c(c1C)c1c2c(C)c(C)c(C)c4c5c6c(C)c([2H])c(C)c7c(C)c([2H])c(C)c(c76)c5c5c(C)c(C)c(C)c(c31)c5c24. The van der Waals surface area contributed by atoms with E-state index in [1.165, 1.54) is 98.0 Å². The van der Waals surface area contributed by atoms with Gasteiger partial charge in [0.15, 0.2) is 0 Å². The maximum Gasteiger partial charge on any atom is 0.0629 e. The largest absolute Gasteiger partial charge is 0.0629 e. The fourth-order valence-corrected chi connectivity index (χ4v) is 11.2. The van der Waals surface area contributed by atoms with Crippen LogP contribution in [0.1, 0.15) is 83.4 Å². The van der Waals surface area contributed by atoms with E-state index in [0.29, 0.717) is 24.2 Å². The Morgan fingerprint density at radius 1 is 0.200 bits per heavy atom. The van der Waals surface area contributed by atoms with Crippen molar-refractivity contribution < 1.29 is 5.48 Å². The summed E-state index contributed by atoms with van der Waals surface area (Å²) < 4.78 is 38.0. The lowest BCUT2D eigenvalue weighted by molar-refractivity contribution is 1.31. The molecule has 0 unspecified atom stereocenters. The first-order valence-corrected chi connectivity index (χ1v) is 18.2. The smallest absolute Gasteiger partial charge is 0.0551 e. The van der Waals surface area contributed by atoms with E-state index in [1.807, 2.05) is 0 Å². The van der Waals surface area contributed by atoms with Crippen LogP contribution in [0, 0.1) is 96.9 Å². The van der Waals surface area contributed by atoms with Crippen LogP contribution in [0.2, 0.25) is 0 Å². The molecule has 0 aromatic heterocycles. The molecule has 0 N–H and O–H groups in total. The lowest BCUT2D eigenvalue weighted by Crippen LogP contribution is -2.00. The molecular formula is C50H46. The van der Waals surface area contributed by atoms with Crippen LogP contribution < -0.4 is 0 Å². The molecule has 0 radical (unpaired) electrons. The molecule has 246 valence electrons. The Kier molecular flexibility index (Phi) is 4.79. The molecule has 0 aliphatic carbocycles. The normalized spacial score (nSPS) is 14.1. The molecule has 0 bridgehead atoms. The van der Waals surface area contributed by atoms with Crippen molar-refractivity contribution in [3.63, 3.8) is 0 Å². The van der Waals surface area contributed by atoms with Gasteiger partial charge in [-0.1, -0.05) is 24.2 Å². The molecule has 0 aliphatic rings. The molecule has 0 spiro atoms. The summed E-state index contributed by atoms with van der Waals surface area (Å²) in [6.07, 6.45) is 0. The topological polar surface area (TPSA) is 0 Å². The van der Waals surface area contributed by atoms with E-state index >= 15 is 0 Å². The van der Waals surface area contributed by atoms with Crippen LogP contribution in [0.25, 0.3) is 97.0 Å². The van der Waals surface area contributed by atoms with Gasteiger partial charge in [0.2, 0.25) is 0 Å². The van der Waals surface area contributed by atoms with E-state index in [-0.39, 0.29) is 0 Å². The molecule has 10 rings (SSSR count). The summed E-state index contributed by atoms with van der Waals surface area (Å²) in [4.78, 5) is 0. The van der Waals surface area contributed by atoms with Gasteiger partial charge in [0.25, 0.3) is 0 Å². The van der Waals surface area contributed by atoms with Gasteiger partial charge in [0.05, 0.1) is 5.48 Å². The third-order valence-corrected chi connectivity index (χ3v) is 13.5. The Morgan fingerprint density at radius 2 is 0.360 bits per heavy atom.